The van der Waals surface area contributed by atoms with Gasteiger partial charge in [-0.25, -0.2) is 0 Å². The number of nitrogens with one attached hydrogen (secondary N) is 1. The minimum Gasteiger partial charge on any atom is -0.368 e. The first-order valence-corrected chi connectivity index (χ1v) is 2.24. The topological polar surface area (TPSA) is 12.0 Å². The second kappa shape index (κ2) is 4.67. The summed E-state index contributed by atoms with van der Waals surface area (Å²) in [5, 5.41) is 2.92. The van der Waals surface area contributed by atoms with Crippen molar-refractivity contribution in [3.8, 4) is 0 Å². The van der Waals surface area contributed by atoms with Crippen molar-refractivity contribution in [2.24, 2.45) is 0 Å². The van der Waals surface area contributed by atoms with Crippen molar-refractivity contribution in [1.29, 1.82) is 0 Å². The van der Waals surface area contributed by atoms with Gasteiger partial charge in [-0.2, -0.15) is 0 Å². The predicted molar refractivity (Wildman–Crippen MR) is 30.6 cm³/mol. The number of hydrogen-bond donors (Lipinski definition) is 1. The zero-order chi connectivity index (χ0) is 4.95. The van der Waals surface area contributed by atoms with Crippen LogP contribution in [-0.2, 0) is 16.5 Å². The minimum absolute atomic E-state index is 0. The van der Waals surface area contributed by atoms with E-state index in [1.165, 1.54) is 0 Å². The Hall–Kier alpha value is -0.486. The molecule has 1 N–H and O–H groups in total. The average molecular weight is 152 g/mol. The zero-order valence-corrected chi connectivity index (χ0v) is 5.27. The third-order valence-electron chi connectivity index (χ3n) is 0.718. The molecular formula is C6H7NNi. The summed E-state index contributed by atoms with van der Waals surface area (Å²) >= 11 is 0. The molecule has 0 unspecified atom stereocenters. The van der Waals surface area contributed by atoms with Gasteiger partial charge in [0.2, 0.25) is 0 Å². The SMILES string of the molecule is C1=CC=CNC=C1.[Ni]. The van der Waals surface area contributed by atoms with Gasteiger partial charge in [-0.1, -0.05) is 12.2 Å². The van der Waals surface area contributed by atoms with Crippen LogP contribution in [0.4, 0.5) is 0 Å². The van der Waals surface area contributed by atoms with E-state index >= 15 is 0 Å². The molecule has 8 heavy (non-hydrogen) atoms. The molecule has 0 fully saturated rings. The van der Waals surface area contributed by atoms with E-state index in [-0.39, 0.29) is 16.5 Å². The Morgan fingerprint density at radius 3 is 1.75 bits per heavy atom. The summed E-state index contributed by atoms with van der Waals surface area (Å²) in [7, 11) is 0. The molecule has 1 aliphatic heterocycles. The van der Waals surface area contributed by atoms with E-state index in [9.17, 15) is 0 Å². The van der Waals surface area contributed by atoms with Crippen molar-refractivity contribution in [2.45, 2.75) is 0 Å². The van der Waals surface area contributed by atoms with E-state index in [0.717, 1.165) is 0 Å². The number of rotatable bonds is 0. The largest absolute Gasteiger partial charge is 0.368 e. The molecule has 0 aromatic heterocycles. The molecule has 1 heterocycles. The third kappa shape index (κ3) is 2.65. The summed E-state index contributed by atoms with van der Waals surface area (Å²) < 4.78 is 0. The Morgan fingerprint density at radius 1 is 0.750 bits per heavy atom. The molecule has 0 saturated heterocycles. The maximum absolute atomic E-state index is 2.92. The molecule has 46 valence electrons. The van der Waals surface area contributed by atoms with Gasteiger partial charge < -0.3 is 5.32 Å². The third-order valence-corrected chi connectivity index (χ3v) is 0.718. The van der Waals surface area contributed by atoms with Crippen LogP contribution in [-0.4, -0.2) is 0 Å². The Morgan fingerprint density at radius 2 is 1.25 bits per heavy atom. The van der Waals surface area contributed by atoms with E-state index in [4.69, 9.17) is 0 Å². The van der Waals surface area contributed by atoms with Crippen molar-refractivity contribution in [3.05, 3.63) is 36.7 Å². The van der Waals surface area contributed by atoms with Crippen LogP contribution in [0.15, 0.2) is 36.7 Å². The molecular weight excluding hydrogens is 145 g/mol. The Balaban J connectivity index is 0.000000490. The van der Waals surface area contributed by atoms with E-state index in [2.05, 4.69) is 5.32 Å². The average Bonchev–Trinajstić information content (AvgIpc) is 1.90. The summed E-state index contributed by atoms with van der Waals surface area (Å²) in [6.45, 7) is 0. The minimum atomic E-state index is 0. The van der Waals surface area contributed by atoms with E-state index in [1.807, 2.05) is 36.7 Å². The molecule has 1 rings (SSSR count). The Kier molecular flexibility index (Phi) is 4.38. The van der Waals surface area contributed by atoms with Crippen molar-refractivity contribution >= 4 is 0 Å². The fraction of sp³-hybridized carbons (Fsp3) is 0. The van der Waals surface area contributed by atoms with Crippen molar-refractivity contribution in [1.82, 2.24) is 5.32 Å². The van der Waals surface area contributed by atoms with Crippen molar-refractivity contribution in [3.63, 3.8) is 0 Å². The second-order valence-corrected chi connectivity index (χ2v) is 1.27. The van der Waals surface area contributed by atoms with Crippen molar-refractivity contribution < 1.29 is 16.5 Å². The summed E-state index contributed by atoms with van der Waals surface area (Å²) in [5.74, 6) is 0. The van der Waals surface area contributed by atoms with Gasteiger partial charge in [-0.15, -0.1) is 0 Å². The maximum Gasteiger partial charge on any atom is 0.000442 e. The van der Waals surface area contributed by atoms with Gasteiger partial charge in [0.1, 0.15) is 0 Å². The molecule has 0 amide bonds. The van der Waals surface area contributed by atoms with Crippen LogP contribution in [0.25, 0.3) is 0 Å². The molecule has 0 spiro atoms. The Bertz CT molecular complexity index is 110. The van der Waals surface area contributed by atoms with Gasteiger partial charge in [0, 0.05) is 28.9 Å². The zero-order valence-electron chi connectivity index (χ0n) is 4.28. The van der Waals surface area contributed by atoms with Gasteiger partial charge in [0.25, 0.3) is 0 Å². The molecule has 0 bridgehead atoms. The maximum atomic E-state index is 2.92. The standard InChI is InChI=1S/C6H7N.Ni/c1-2-4-6-7-5-3-1;/h1-7H;. The molecule has 0 atom stereocenters. The van der Waals surface area contributed by atoms with Crippen LogP contribution < -0.4 is 5.32 Å². The fourth-order valence-electron chi connectivity index (χ4n) is 0.406. The first kappa shape index (κ1) is 7.51. The second-order valence-electron chi connectivity index (χ2n) is 1.27. The van der Waals surface area contributed by atoms with Gasteiger partial charge >= 0.3 is 0 Å². The fourth-order valence-corrected chi connectivity index (χ4v) is 0.406. The number of allylic oxidation sites excluding steroid dienone is 4. The first-order valence-electron chi connectivity index (χ1n) is 2.24. The van der Waals surface area contributed by atoms with Crippen LogP contribution in [0.3, 0.4) is 0 Å². The molecule has 0 saturated carbocycles. The number of hydrogen-bond acceptors (Lipinski definition) is 1. The van der Waals surface area contributed by atoms with Crippen LogP contribution in [0.5, 0.6) is 0 Å². The molecule has 0 radical (unpaired) electrons. The molecule has 1 nitrogen and oxygen atoms in total. The summed E-state index contributed by atoms with van der Waals surface area (Å²) in [6.07, 6.45) is 11.6. The Labute approximate surface area is 59.1 Å². The monoisotopic (exact) mass is 151 g/mol. The molecule has 1 aliphatic rings. The van der Waals surface area contributed by atoms with Gasteiger partial charge in [-0.05, 0) is 12.2 Å². The normalized spacial score (nSPS) is 14.0. The van der Waals surface area contributed by atoms with Gasteiger partial charge in [-0.3, -0.25) is 0 Å². The molecule has 0 aromatic rings. The van der Waals surface area contributed by atoms with E-state index in [0.29, 0.717) is 0 Å². The smallest absolute Gasteiger partial charge is 0.000442 e. The van der Waals surface area contributed by atoms with Crippen molar-refractivity contribution in [2.75, 3.05) is 0 Å². The van der Waals surface area contributed by atoms with Crippen LogP contribution in [0.2, 0.25) is 0 Å². The predicted octanol–water partition coefficient (Wildman–Crippen LogP) is 1.17. The van der Waals surface area contributed by atoms with E-state index < -0.39 is 0 Å². The van der Waals surface area contributed by atoms with Crippen LogP contribution in [0, 0.1) is 0 Å². The van der Waals surface area contributed by atoms with Gasteiger partial charge in [0.15, 0.2) is 0 Å². The quantitative estimate of drug-likeness (QED) is 0.513. The molecule has 2 heteroatoms. The van der Waals surface area contributed by atoms with E-state index in [1.54, 1.807) is 0 Å². The summed E-state index contributed by atoms with van der Waals surface area (Å²) in [6, 6.07) is 0. The van der Waals surface area contributed by atoms with Crippen LogP contribution in [0.1, 0.15) is 0 Å². The first-order chi connectivity index (χ1) is 3.50. The molecule has 0 aromatic carbocycles. The summed E-state index contributed by atoms with van der Waals surface area (Å²) in [4.78, 5) is 0. The van der Waals surface area contributed by atoms with Crippen LogP contribution >= 0.6 is 0 Å². The summed E-state index contributed by atoms with van der Waals surface area (Å²) in [5.41, 5.74) is 0. The molecule has 0 aliphatic carbocycles. The van der Waals surface area contributed by atoms with Gasteiger partial charge in [0.05, 0.1) is 0 Å².